The Labute approximate surface area is 268 Å². The van der Waals surface area contributed by atoms with Crippen molar-refractivity contribution in [1.82, 2.24) is 14.5 Å². The summed E-state index contributed by atoms with van der Waals surface area (Å²) < 4.78 is 4.78. The highest BCUT2D eigenvalue weighted by atomic mass is 32.1. The average Bonchev–Trinajstić information content (AvgIpc) is 3.68. The van der Waals surface area contributed by atoms with Crippen LogP contribution in [0.4, 0.5) is 0 Å². The summed E-state index contributed by atoms with van der Waals surface area (Å²) in [7, 11) is 0. The number of aromatic nitrogens is 3. The Kier molecular flexibility index (Phi) is 5.45. The second-order valence-electron chi connectivity index (χ2n) is 11.8. The van der Waals surface area contributed by atoms with Gasteiger partial charge in [-0.2, -0.15) is 0 Å². The van der Waals surface area contributed by atoms with Crippen molar-refractivity contribution in [3.63, 3.8) is 0 Å². The highest BCUT2D eigenvalue weighted by Crippen LogP contribution is 2.45. The van der Waals surface area contributed by atoms with Crippen molar-refractivity contribution >= 4 is 75.0 Å². The van der Waals surface area contributed by atoms with Crippen molar-refractivity contribution in [1.29, 1.82) is 0 Å². The van der Waals surface area contributed by atoms with Crippen LogP contribution >= 0.6 is 11.3 Å². The number of thiophene rings is 1. The Hall–Kier alpha value is -5.84. The second-order valence-corrected chi connectivity index (χ2v) is 12.8. The lowest BCUT2D eigenvalue weighted by atomic mass is 10.0. The zero-order valence-electron chi connectivity index (χ0n) is 24.7. The highest BCUT2D eigenvalue weighted by Gasteiger charge is 2.20. The minimum Gasteiger partial charge on any atom is -0.278 e. The van der Waals surface area contributed by atoms with Crippen LogP contribution < -0.4 is 0 Å². The van der Waals surface area contributed by atoms with Crippen LogP contribution in [0.5, 0.6) is 0 Å². The molecular weight excluding hydrogens is 579 g/mol. The summed E-state index contributed by atoms with van der Waals surface area (Å²) in [6, 6.07) is 54.0. The number of hydrogen-bond donors (Lipinski definition) is 0. The largest absolute Gasteiger partial charge is 0.278 e. The van der Waals surface area contributed by atoms with Gasteiger partial charge in [-0.25, -0.2) is 9.97 Å². The van der Waals surface area contributed by atoms with E-state index in [4.69, 9.17) is 9.97 Å². The summed E-state index contributed by atoms with van der Waals surface area (Å²) in [4.78, 5) is 10.7. The normalized spacial score (nSPS) is 11.9. The molecule has 0 atom stereocenters. The number of para-hydroxylation sites is 2. The molecule has 0 saturated carbocycles. The van der Waals surface area contributed by atoms with Gasteiger partial charge in [0.2, 0.25) is 5.95 Å². The molecule has 7 aromatic carbocycles. The molecule has 0 bridgehead atoms. The van der Waals surface area contributed by atoms with Crippen molar-refractivity contribution < 1.29 is 0 Å². The third-order valence-corrected chi connectivity index (χ3v) is 10.5. The second kappa shape index (κ2) is 9.83. The molecule has 4 heteroatoms. The fourth-order valence-corrected chi connectivity index (χ4v) is 8.53. The first kappa shape index (κ1) is 25.5. The summed E-state index contributed by atoms with van der Waals surface area (Å²) in [5, 5.41) is 8.47. The third-order valence-electron chi connectivity index (χ3n) is 9.22. The molecule has 3 heterocycles. The van der Waals surface area contributed by atoms with Crippen LogP contribution in [0.25, 0.3) is 92.0 Å². The molecule has 10 rings (SSSR count). The van der Waals surface area contributed by atoms with Gasteiger partial charge in [-0.15, -0.1) is 11.3 Å². The molecule has 0 saturated heterocycles. The van der Waals surface area contributed by atoms with Gasteiger partial charge in [0.15, 0.2) is 0 Å². The first-order valence-electron chi connectivity index (χ1n) is 15.5. The van der Waals surface area contributed by atoms with Crippen molar-refractivity contribution in [3.8, 4) is 28.3 Å². The number of hydrogen-bond acceptors (Lipinski definition) is 3. The van der Waals surface area contributed by atoms with Crippen LogP contribution in [0.15, 0.2) is 152 Å². The summed E-state index contributed by atoms with van der Waals surface area (Å²) >= 11 is 1.86. The van der Waals surface area contributed by atoms with E-state index in [1.807, 2.05) is 11.3 Å². The van der Waals surface area contributed by atoms with Crippen LogP contribution in [0.2, 0.25) is 0 Å². The molecule has 46 heavy (non-hydrogen) atoms. The van der Waals surface area contributed by atoms with E-state index in [2.05, 4.69) is 156 Å². The predicted molar refractivity (Wildman–Crippen MR) is 195 cm³/mol. The lowest BCUT2D eigenvalue weighted by Gasteiger charge is -2.12. The molecule has 0 spiro atoms. The Balaban J connectivity index is 1.29. The van der Waals surface area contributed by atoms with Crippen LogP contribution in [0.1, 0.15) is 0 Å². The summed E-state index contributed by atoms with van der Waals surface area (Å²) in [6.45, 7) is 0. The Morgan fingerprint density at radius 3 is 1.93 bits per heavy atom. The van der Waals surface area contributed by atoms with Gasteiger partial charge < -0.3 is 0 Å². The van der Waals surface area contributed by atoms with Crippen molar-refractivity contribution in [2.75, 3.05) is 0 Å². The molecule has 3 nitrogen and oxygen atoms in total. The van der Waals surface area contributed by atoms with Crippen molar-refractivity contribution in [2.45, 2.75) is 0 Å². The average molecular weight is 604 g/mol. The molecule has 0 amide bonds. The first-order chi connectivity index (χ1) is 22.8. The minimum atomic E-state index is 0.679. The van der Waals surface area contributed by atoms with Gasteiger partial charge in [0, 0.05) is 41.9 Å². The van der Waals surface area contributed by atoms with Crippen LogP contribution in [-0.4, -0.2) is 14.5 Å². The van der Waals surface area contributed by atoms with Crippen molar-refractivity contribution in [3.05, 3.63) is 152 Å². The summed E-state index contributed by atoms with van der Waals surface area (Å²) in [5.41, 5.74) is 7.70. The molecule has 0 aliphatic rings. The SMILES string of the molecule is c1ccc(-c2cccc3c2sc2c(-c4nc(-n5c6ccccc6c6c7ccccc7ccc65)nc5ccccc45)cccc23)cc1. The van der Waals surface area contributed by atoms with Gasteiger partial charge in [0.1, 0.15) is 0 Å². The van der Waals surface area contributed by atoms with E-state index in [1.165, 1.54) is 52.8 Å². The van der Waals surface area contributed by atoms with Gasteiger partial charge in [0.25, 0.3) is 0 Å². The Morgan fingerprint density at radius 1 is 0.435 bits per heavy atom. The number of fused-ring (bicyclic) bond motifs is 9. The van der Waals surface area contributed by atoms with Gasteiger partial charge in [0.05, 0.1) is 22.2 Å². The van der Waals surface area contributed by atoms with E-state index < -0.39 is 0 Å². The summed E-state index contributed by atoms with van der Waals surface area (Å²) in [5.74, 6) is 0.679. The fraction of sp³-hybridized carbons (Fsp3) is 0. The van der Waals surface area contributed by atoms with Crippen LogP contribution in [-0.2, 0) is 0 Å². The summed E-state index contributed by atoms with van der Waals surface area (Å²) in [6.07, 6.45) is 0. The van der Waals surface area contributed by atoms with Gasteiger partial charge in [-0.3, -0.25) is 4.57 Å². The van der Waals surface area contributed by atoms with Gasteiger partial charge in [-0.05, 0) is 40.1 Å². The van der Waals surface area contributed by atoms with Crippen LogP contribution in [0.3, 0.4) is 0 Å². The molecule has 10 aromatic rings. The lowest BCUT2D eigenvalue weighted by Crippen LogP contribution is -2.03. The maximum absolute atomic E-state index is 5.45. The molecule has 3 aromatic heterocycles. The molecule has 0 fully saturated rings. The number of nitrogens with zero attached hydrogens (tertiary/aromatic N) is 3. The van der Waals surface area contributed by atoms with E-state index in [0.717, 1.165) is 33.2 Å². The zero-order valence-corrected chi connectivity index (χ0v) is 25.5. The van der Waals surface area contributed by atoms with Crippen molar-refractivity contribution in [2.24, 2.45) is 0 Å². The smallest absolute Gasteiger partial charge is 0.235 e. The third kappa shape index (κ3) is 3.65. The monoisotopic (exact) mass is 603 g/mol. The van der Waals surface area contributed by atoms with Crippen LogP contribution in [0, 0.1) is 0 Å². The predicted octanol–water partition coefficient (Wildman–Crippen LogP) is 11.6. The lowest BCUT2D eigenvalue weighted by molar-refractivity contribution is 1.01. The highest BCUT2D eigenvalue weighted by molar-refractivity contribution is 7.26. The molecule has 0 aliphatic heterocycles. The van der Waals surface area contributed by atoms with E-state index in [-0.39, 0.29) is 0 Å². The fourth-order valence-electron chi connectivity index (χ4n) is 7.18. The molecule has 0 aliphatic carbocycles. The topological polar surface area (TPSA) is 30.7 Å². The zero-order chi connectivity index (χ0) is 30.2. The molecule has 0 radical (unpaired) electrons. The van der Waals surface area contributed by atoms with E-state index in [9.17, 15) is 0 Å². The standard InChI is InChI=1S/C42H25N3S/c1-2-12-26(13-3-1)29-18-10-19-30-31-20-11-21-34(41(31)46-40(29)30)39-32-16-6-8-22-35(32)43-42(44-39)45-36-23-9-7-17-33(36)38-28-15-5-4-14-27(28)24-25-37(38)45/h1-25H. The quantitative estimate of drug-likeness (QED) is 0.201. The number of rotatable bonds is 3. The molecule has 0 unspecified atom stereocenters. The molecule has 214 valence electrons. The van der Waals surface area contributed by atoms with Gasteiger partial charge in [-0.1, -0.05) is 133 Å². The Bertz CT molecular complexity index is 2810. The Morgan fingerprint density at radius 2 is 1.09 bits per heavy atom. The number of benzene rings is 7. The van der Waals surface area contributed by atoms with E-state index in [1.54, 1.807) is 0 Å². The maximum atomic E-state index is 5.45. The van der Waals surface area contributed by atoms with E-state index in [0.29, 0.717) is 5.95 Å². The van der Waals surface area contributed by atoms with Gasteiger partial charge >= 0.3 is 0 Å². The molecule has 0 N–H and O–H groups in total. The maximum Gasteiger partial charge on any atom is 0.235 e. The minimum absolute atomic E-state index is 0.679. The van der Waals surface area contributed by atoms with E-state index >= 15 is 0 Å². The first-order valence-corrected chi connectivity index (χ1v) is 16.3. The molecular formula is C42H25N3S.